The van der Waals surface area contributed by atoms with Gasteiger partial charge in [0.15, 0.2) is 0 Å². The highest BCUT2D eigenvalue weighted by Gasteiger charge is 2.08. The van der Waals surface area contributed by atoms with Crippen LogP contribution in [0.2, 0.25) is 0 Å². The molecule has 1 aliphatic rings. The molecule has 0 amide bonds. The van der Waals surface area contributed by atoms with Crippen LogP contribution >= 0.6 is 24.3 Å². The maximum Gasteiger partial charge on any atom is 0.122 e. The maximum absolute atomic E-state index is 6.47. The fraction of sp³-hybridized carbons (Fsp3) is 0.250. The van der Waals surface area contributed by atoms with E-state index < -0.39 is 0 Å². The minimum absolute atomic E-state index is 0. The first kappa shape index (κ1) is 15.6. The summed E-state index contributed by atoms with van der Waals surface area (Å²) in [5.74, 6) is 1.07. The molecule has 1 heterocycles. The third-order valence-corrected chi connectivity index (χ3v) is 1.60. The fourth-order valence-corrected chi connectivity index (χ4v) is 1.12. The summed E-state index contributed by atoms with van der Waals surface area (Å²) in [6.45, 7) is 0.860. The average Bonchev–Trinajstić information content (AvgIpc) is 2.55. The SMILES string of the molecule is Cl.OCl.[Al].c1ccc2c(c1)CCO2. The average molecular weight is 236 g/mol. The van der Waals surface area contributed by atoms with Crippen LogP contribution in [0.15, 0.2) is 24.3 Å². The highest BCUT2D eigenvalue weighted by molar-refractivity contribution is 6.04. The van der Waals surface area contributed by atoms with E-state index in [2.05, 4.69) is 17.9 Å². The molecule has 13 heavy (non-hydrogen) atoms. The Morgan fingerprint density at radius 3 is 2.46 bits per heavy atom. The number of rotatable bonds is 0. The third kappa shape index (κ3) is 4.22. The number of para-hydroxylation sites is 1. The normalized spacial score (nSPS) is 10.6. The van der Waals surface area contributed by atoms with E-state index in [-0.39, 0.29) is 29.8 Å². The van der Waals surface area contributed by atoms with Gasteiger partial charge in [-0.3, -0.25) is 4.66 Å². The standard InChI is InChI=1S/C8H8O.Al.ClHO.ClH/c1-2-4-8-7(3-1)5-6-9-8;;1-2;/h1-4H,5-6H2;;2H;1H. The van der Waals surface area contributed by atoms with Crippen molar-refractivity contribution in [2.24, 2.45) is 0 Å². The molecule has 0 unspecified atom stereocenters. The Morgan fingerprint density at radius 1 is 1.23 bits per heavy atom. The molecule has 0 bridgehead atoms. The molecule has 0 saturated carbocycles. The Morgan fingerprint density at radius 2 is 1.85 bits per heavy atom. The Labute approximate surface area is 99.6 Å². The lowest BCUT2D eigenvalue weighted by atomic mass is 10.2. The van der Waals surface area contributed by atoms with E-state index in [1.165, 1.54) is 5.56 Å². The van der Waals surface area contributed by atoms with E-state index in [0.717, 1.165) is 18.8 Å². The first-order valence-electron chi connectivity index (χ1n) is 3.34. The van der Waals surface area contributed by atoms with E-state index >= 15 is 0 Å². The van der Waals surface area contributed by atoms with Crippen molar-refractivity contribution in [1.29, 1.82) is 0 Å². The summed E-state index contributed by atoms with van der Waals surface area (Å²) in [7, 11) is 0. The van der Waals surface area contributed by atoms with E-state index in [1.54, 1.807) is 0 Å². The van der Waals surface area contributed by atoms with Gasteiger partial charge in [0.05, 0.1) is 18.5 Å². The van der Waals surface area contributed by atoms with E-state index in [1.807, 2.05) is 18.2 Å². The Balaban J connectivity index is 0. The molecule has 5 heteroatoms. The lowest BCUT2D eigenvalue weighted by molar-refractivity contribution is 0.357. The first-order valence-corrected chi connectivity index (χ1v) is 3.68. The molecule has 0 aromatic heterocycles. The van der Waals surface area contributed by atoms with Crippen LogP contribution in [0.3, 0.4) is 0 Å². The van der Waals surface area contributed by atoms with E-state index in [4.69, 9.17) is 9.40 Å². The van der Waals surface area contributed by atoms with Gasteiger partial charge in [0, 0.05) is 23.8 Å². The van der Waals surface area contributed by atoms with Gasteiger partial charge in [0.2, 0.25) is 0 Å². The molecule has 3 radical (unpaired) electrons. The molecule has 2 nitrogen and oxygen atoms in total. The lowest BCUT2D eigenvalue weighted by Gasteiger charge is -1.93. The van der Waals surface area contributed by atoms with Crippen molar-refractivity contribution in [3.63, 3.8) is 0 Å². The summed E-state index contributed by atoms with van der Waals surface area (Å²) < 4.78 is 11.8. The van der Waals surface area contributed by atoms with Crippen molar-refractivity contribution in [3.05, 3.63) is 29.8 Å². The second kappa shape index (κ2) is 8.68. The predicted molar refractivity (Wildman–Crippen MR) is 56.7 cm³/mol. The van der Waals surface area contributed by atoms with Gasteiger partial charge in [-0.15, -0.1) is 12.4 Å². The molecule has 0 atom stereocenters. The second-order valence-corrected chi connectivity index (χ2v) is 2.21. The molecule has 0 saturated heterocycles. The summed E-state index contributed by atoms with van der Waals surface area (Å²) in [5.41, 5.74) is 1.34. The Bertz CT molecular complexity index is 210. The van der Waals surface area contributed by atoms with Gasteiger partial charge in [0.25, 0.3) is 0 Å². The van der Waals surface area contributed by atoms with Gasteiger partial charge in [0.1, 0.15) is 5.75 Å². The topological polar surface area (TPSA) is 29.5 Å². The van der Waals surface area contributed by atoms with Crippen molar-refractivity contribution in [2.45, 2.75) is 6.42 Å². The summed E-state index contributed by atoms with van der Waals surface area (Å²) in [4.78, 5) is 0. The van der Waals surface area contributed by atoms with Gasteiger partial charge >= 0.3 is 0 Å². The molecule has 0 aliphatic carbocycles. The van der Waals surface area contributed by atoms with Crippen molar-refractivity contribution < 1.29 is 9.40 Å². The van der Waals surface area contributed by atoms with Gasteiger partial charge in [-0.2, -0.15) is 0 Å². The summed E-state index contributed by atoms with van der Waals surface area (Å²) in [5, 5.41) is 0. The summed E-state index contributed by atoms with van der Waals surface area (Å²) >= 11 is 3.64. The van der Waals surface area contributed by atoms with E-state index in [9.17, 15) is 0 Å². The van der Waals surface area contributed by atoms with Crippen LogP contribution in [0.5, 0.6) is 5.75 Å². The van der Waals surface area contributed by atoms with Gasteiger partial charge in [-0.25, -0.2) is 0 Å². The smallest absolute Gasteiger partial charge is 0.122 e. The zero-order valence-corrected chi connectivity index (χ0v) is 9.67. The second-order valence-electron chi connectivity index (χ2n) is 2.21. The number of benzene rings is 1. The number of hydrogen-bond donors (Lipinski definition) is 1. The quantitative estimate of drug-likeness (QED) is 0.696. The fourth-order valence-electron chi connectivity index (χ4n) is 1.12. The first-order chi connectivity index (χ1) is 5.47. The molecule has 0 spiro atoms. The molecule has 1 N–H and O–H groups in total. The molecule has 1 aromatic rings. The van der Waals surface area contributed by atoms with Crippen LogP contribution in [0.1, 0.15) is 5.56 Å². The number of ether oxygens (including phenoxy) is 1. The van der Waals surface area contributed by atoms with Gasteiger partial charge in [-0.1, -0.05) is 18.2 Å². The van der Waals surface area contributed by atoms with Gasteiger partial charge in [-0.05, 0) is 11.6 Å². The van der Waals surface area contributed by atoms with Crippen molar-refractivity contribution >= 4 is 41.6 Å². The monoisotopic (exact) mass is 235 g/mol. The predicted octanol–water partition coefficient (Wildman–Crippen LogP) is 1.80. The molecule has 1 aliphatic heterocycles. The molecular weight excluding hydrogens is 226 g/mol. The van der Waals surface area contributed by atoms with Crippen LogP contribution in [-0.4, -0.2) is 28.6 Å². The minimum atomic E-state index is 0. The highest BCUT2D eigenvalue weighted by atomic mass is 35.5. The summed E-state index contributed by atoms with van der Waals surface area (Å²) in [6.07, 6.45) is 1.08. The summed E-state index contributed by atoms with van der Waals surface area (Å²) in [6, 6.07) is 8.18. The number of halogens is 2. The molecule has 2 rings (SSSR count). The Kier molecular flexibility index (Phi) is 10.4. The van der Waals surface area contributed by atoms with Gasteiger partial charge < -0.3 is 4.74 Å². The van der Waals surface area contributed by atoms with Crippen LogP contribution in [0, 0.1) is 0 Å². The van der Waals surface area contributed by atoms with Crippen LogP contribution < -0.4 is 4.74 Å². The molecule has 0 fully saturated rings. The highest BCUT2D eigenvalue weighted by Crippen LogP contribution is 2.23. The Hall–Kier alpha value is 0.0925. The maximum atomic E-state index is 6.47. The van der Waals surface area contributed by atoms with E-state index in [0.29, 0.717) is 0 Å². The minimum Gasteiger partial charge on any atom is -0.493 e. The molecular formula is C8H10AlCl2O2. The number of hydrogen-bond acceptors (Lipinski definition) is 2. The van der Waals surface area contributed by atoms with Crippen LogP contribution in [-0.2, 0) is 6.42 Å². The molecule has 71 valence electrons. The zero-order chi connectivity index (χ0) is 8.10. The van der Waals surface area contributed by atoms with Crippen molar-refractivity contribution in [2.75, 3.05) is 6.61 Å². The lowest BCUT2D eigenvalue weighted by Crippen LogP contribution is -1.85. The van der Waals surface area contributed by atoms with Crippen LogP contribution in [0.25, 0.3) is 0 Å². The van der Waals surface area contributed by atoms with Crippen molar-refractivity contribution in [1.82, 2.24) is 0 Å². The van der Waals surface area contributed by atoms with Crippen molar-refractivity contribution in [3.8, 4) is 5.75 Å². The zero-order valence-electron chi connectivity index (χ0n) is 6.94. The molecule has 1 aromatic carbocycles. The largest absolute Gasteiger partial charge is 0.493 e. The third-order valence-electron chi connectivity index (χ3n) is 1.60. The van der Waals surface area contributed by atoms with Crippen LogP contribution in [0.4, 0.5) is 0 Å². The number of fused-ring (bicyclic) bond motifs is 1.